The van der Waals surface area contributed by atoms with E-state index >= 15 is 0 Å². The van der Waals surface area contributed by atoms with Crippen LogP contribution in [-0.2, 0) is 38.6 Å². The SMILES string of the molecule is CC(C)(C)NC(=O)c1ccccc1CC(O)C(Cc1ccc2c(c1)CCCC2)NC(=O)c1cccc2c1CCNC2. The Balaban J connectivity index is 1.42. The molecule has 4 N–H and O–H groups in total. The van der Waals surface area contributed by atoms with E-state index < -0.39 is 12.1 Å². The molecule has 2 aliphatic rings. The second-order valence-corrected chi connectivity index (χ2v) is 12.6. The first-order chi connectivity index (χ1) is 19.7. The smallest absolute Gasteiger partial charge is 0.251 e. The minimum Gasteiger partial charge on any atom is -0.391 e. The van der Waals surface area contributed by atoms with Crippen LogP contribution in [0, 0.1) is 0 Å². The van der Waals surface area contributed by atoms with Gasteiger partial charge < -0.3 is 21.1 Å². The Morgan fingerprint density at radius 3 is 2.41 bits per heavy atom. The molecule has 2 atom stereocenters. The number of benzene rings is 3. The lowest BCUT2D eigenvalue weighted by Crippen LogP contribution is -2.46. The maximum Gasteiger partial charge on any atom is 0.251 e. The van der Waals surface area contributed by atoms with Gasteiger partial charge in [-0.15, -0.1) is 0 Å². The number of carbonyl (C=O) groups excluding carboxylic acids is 2. The van der Waals surface area contributed by atoms with Crippen molar-refractivity contribution in [2.45, 2.75) is 89.9 Å². The monoisotopic (exact) mass is 553 g/mol. The number of carbonyl (C=O) groups is 2. The molecule has 0 spiro atoms. The maximum atomic E-state index is 13.7. The first-order valence-corrected chi connectivity index (χ1v) is 15.0. The Morgan fingerprint density at radius 2 is 1.61 bits per heavy atom. The number of rotatable bonds is 8. The second kappa shape index (κ2) is 12.6. The van der Waals surface area contributed by atoms with Gasteiger partial charge in [-0.3, -0.25) is 9.59 Å². The third-order valence-electron chi connectivity index (χ3n) is 8.21. The Bertz CT molecular complexity index is 1410. The molecule has 0 saturated heterocycles. The summed E-state index contributed by atoms with van der Waals surface area (Å²) in [4.78, 5) is 26.8. The predicted molar refractivity (Wildman–Crippen MR) is 163 cm³/mol. The fourth-order valence-electron chi connectivity index (χ4n) is 6.14. The molecule has 0 saturated carbocycles. The lowest BCUT2D eigenvalue weighted by atomic mass is 9.88. The number of aryl methyl sites for hydroxylation is 2. The number of hydrogen-bond acceptors (Lipinski definition) is 4. The lowest BCUT2D eigenvalue weighted by molar-refractivity contribution is 0.0825. The zero-order chi connectivity index (χ0) is 29.0. The Labute approximate surface area is 244 Å². The minimum atomic E-state index is -0.889. The van der Waals surface area contributed by atoms with Gasteiger partial charge in [0.25, 0.3) is 11.8 Å². The summed E-state index contributed by atoms with van der Waals surface area (Å²) in [6, 6.07) is 19.4. The van der Waals surface area contributed by atoms with Crippen molar-refractivity contribution in [2.75, 3.05) is 6.54 Å². The summed E-state index contributed by atoms with van der Waals surface area (Å²) >= 11 is 0. The molecule has 3 aromatic rings. The molecule has 6 nitrogen and oxygen atoms in total. The molecule has 0 bridgehead atoms. The average molecular weight is 554 g/mol. The van der Waals surface area contributed by atoms with E-state index in [1.54, 1.807) is 6.07 Å². The number of hydrogen-bond donors (Lipinski definition) is 4. The van der Waals surface area contributed by atoms with Gasteiger partial charge in [-0.2, -0.15) is 0 Å². The highest BCUT2D eigenvalue weighted by Crippen LogP contribution is 2.25. The van der Waals surface area contributed by atoms with Gasteiger partial charge in [0.15, 0.2) is 0 Å². The first kappa shape index (κ1) is 29.0. The number of nitrogens with one attached hydrogen (secondary N) is 3. The molecule has 0 fully saturated rings. The van der Waals surface area contributed by atoms with Crippen molar-refractivity contribution in [3.8, 4) is 0 Å². The molecule has 1 aliphatic heterocycles. The topological polar surface area (TPSA) is 90.5 Å². The quantitative estimate of drug-likeness (QED) is 0.326. The predicted octanol–water partition coefficient (Wildman–Crippen LogP) is 4.68. The van der Waals surface area contributed by atoms with E-state index in [-0.39, 0.29) is 23.8 Å². The van der Waals surface area contributed by atoms with E-state index in [0.717, 1.165) is 54.6 Å². The van der Waals surface area contributed by atoms with Crippen LogP contribution < -0.4 is 16.0 Å². The Hall–Kier alpha value is -3.48. The van der Waals surface area contributed by atoms with Crippen LogP contribution in [0.5, 0.6) is 0 Å². The van der Waals surface area contributed by atoms with E-state index in [0.29, 0.717) is 17.5 Å². The van der Waals surface area contributed by atoms with Crippen LogP contribution in [0.4, 0.5) is 0 Å². The van der Waals surface area contributed by atoms with Gasteiger partial charge in [0, 0.05) is 29.6 Å². The highest BCUT2D eigenvalue weighted by Gasteiger charge is 2.27. The Kier molecular flexibility index (Phi) is 8.91. The molecule has 1 aliphatic carbocycles. The first-order valence-electron chi connectivity index (χ1n) is 15.0. The van der Waals surface area contributed by atoms with Crippen molar-refractivity contribution >= 4 is 11.8 Å². The van der Waals surface area contributed by atoms with E-state index in [2.05, 4.69) is 40.2 Å². The standard InChI is InChI=1S/C35H43N3O3/c1-35(2,3)38-34(41)29-13-7-6-11-26(29)21-32(39)31(20-23-15-16-24-9-4-5-10-25(24)19-23)37-33(40)30-14-8-12-27-22-36-18-17-28(27)30/h6-8,11-16,19,31-32,36,39H,4-5,9-10,17-18,20-22H2,1-3H3,(H,37,40)(H,38,41). The van der Waals surface area contributed by atoms with Crippen LogP contribution in [-0.4, -0.2) is 41.2 Å². The summed E-state index contributed by atoms with van der Waals surface area (Å²) < 4.78 is 0. The van der Waals surface area contributed by atoms with E-state index in [4.69, 9.17) is 0 Å². The highest BCUT2D eigenvalue weighted by molar-refractivity contribution is 5.97. The van der Waals surface area contributed by atoms with Gasteiger partial charge in [-0.25, -0.2) is 0 Å². The van der Waals surface area contributed by atoms with Crippen LogP contribution >= 0.6 is 0 Å². The van der Waals surface area contributed by atoms with E-state index in [1.165, 1.54) is 24.0 Å². The summed E-state index contributed by atoms with van der Waals surface area (Å²) in [6.45, 7) is 7.44. The van der Waals surface area contributed by atoms with Crippen molar-refractivity contribution in [3.63, 3.8) is 0 Å². The number of aliphatic hydroxyl groups excluding tert-OH is 1. The summed E-state index contributed by atoms with van der Waals surface area (Å²) in [6.07, 6.45) is 5.27. The molecule has 0 aromatic heterocycles. The zero-order valence-corrected chi connectivity index (χ0v) is 24.6. The molecule has 2 unspecified atom stereocenters. The van der Waals surface area contributed by atoms with Gasteiger partial charge in [0.2, 0.25) is 0 Å². The van der Waals surface area contributed by atoms with Crippen LogP contribution in [0.3, 0.4) is 0 Å². The normalized spacial score (nSPS) is 16.2. The molecule has 0 radical (unpaired) electrons. The highest BCUT2D eigenvalue weighted by atomic mass is 16.3. The third kappa shape index (κ3) is 7.24. The minimum absolute atomic E-state index is 0.162. The van der Waals surface area contributed by atoms with Gasteiger partial charge >= 0.3 is 0 Å². The van der Waals surface area contributed by atoms with Crippen molar-refractivity contribution in [2.24, 2.45) is 0 Å². The van der Waals surface area contributed by atoms with Gasteiger partial charge in [-0.1, -0.05) is 48.5 Å². The fourth-order valence-corrected chi connectivity index (χ4v) is 6.14. The summed E-state index contributed by atoms with van der Waals surface area (Å²) in [5.74, 6) is -0.329. The Morgan fingerprint density at radius 1 is 0.854 bits per heavy atom. The number of fused-ring (bicyclic) bond motifs is 2. The molecular formula is C35H43N3O3. The molecule has 2 amide bonds. The molecule has 1 heterocycles. The lowest BCUT2D eigenvalue weighted by Gasteiger charge is -2.27. The van der Waals surface area contributed by atoms with Crippen molar-refractivity contribution in [1.82, 2.24) is 16.0 Å². The average Bonchev–Trinajstić information content (AvgIpc) is 2.95. The molecule has 6 heteroatoms. The van der Waals surface area contributed by atoms with Gasteiger partial charge in [-0.05, 0) is 111 Å². The fraction of sp³-hybridized carbons (Fsp3) is 0.429. The van der Waals surface area contributed by atoms with Gasteiger partial charge in [0.05, 0.1) is 12.1 Å². The molecule has 41 heavy (non-hydrogen) atoms. The zero-order valence-electron chi connectivity index (χ0n) is 24.6. The molecule has 5 rings (SSSR count). The van der Waals surface area contributed by atoms with Gasteiger partial charge in [0.1, 0.15) is 0 Å². The van der Waals surface area contributed by atoms with Crippen LogP contribution in [0.25, 0.3) is 0 Å². The largest absolute Gasteiger partial charge is 0.391 e. The van der Waals surface area contributed by atoms with Crippen LogP contribution in [0.1, 0.15) is 87.7 Å². The van der Waals surface area contributed by atoms with Crippen molar-refractivity contribution < 1.29 is 14.7 Å². The second-order valence-electron chi connectivity index (χ2n) is 12.6. The van der Waals surface area contributed by atoms with Crippen LogP contribution in [0.2, 0.25) is 0 Å². The number of amides is 2. The molecule has 3 aromatic carbocycles. The molecule has 216 valence electrons. The molecular weight excluding hydrogens is 510 g/mol. The summed E-state index contributed by atoms with van der Waals surface area (Å²) in [5, 5.41) is 21.3. The summed E-state index contributed by atoms with van der Waals surface area (Å²) in [5.41, 5.74) is 7.72. The van der Waals surface area contributed by atoms with E-state index in [1.807, 2.05) is 51.1 Å². The number of aliphatic hydroxyl groups is 1. The van der Waals surface area contributed by atoms with Crippen molar-refractivity contribution in [3.05, 3.63) is 105 Å². The maximum absolute atomic E-state index is 13.7. The van der Waals surface area contributed by atoms with Crippen molar-refractivity contribution in [1.29, 1.82) is 0 Å². The third-order valence-corrected chi connectivity index (χ3v) is 8.21. The van der Waals surface area contributed by atoms with E-state index in [9.17, 15) is 14.7 Å². The van der Waals surface area contributed by atoms with Crippen LogP contribution in [0.15, 0.2) is 60.7 Å². The summed E-state index contributed by atoms with van der Waals surface area (Å²) in [7, 11) is 0.